The maximum Gasteiger partial charge on any atom is 0.187 e. The Hall–Kier alpha value is -1.88. The number of hydrogen-bond acceptors (Lipinski definition) is 3. The van der Waals surface area contributed by atoms with Crippen molar-refractivity contribution in [1.29, 1.82) is 0 Å². The zero-order valence-electron chi connectivity index (χ0n) is 13.9. The normalized spacial score (nSPS) is 10.5. The summed E-state index contributed by atoms with van der Waals surface area (Å²) in [5, 5.41) is 7.55. The van der Waals surface area contributed by atoms with Crippen LogP contribution in [0.1, 0.15) is 44.6 Å². The number of hydrazone groups is 1. The average molecular weight is 334 g/mol. The summed E-state index contributed by atoms with van der Waals surface area (Å²) in [6.45, 7) is 7.19. The summed E-state index contributed by atoms with van der Waals surface area (Å²) in [5.41, 5.74) is 3.70. The number of unbranched alkanes of at least 4 members (excludes halogenated alkanes) is 4. The molecule has 0 aliphatic rings. The zero-order valence-corrected chi connectivity index (χ0v) is 14.7. The third-order valence-corrected chi connectivity index (χ3v) is 3.44. The fourth-order valence-corrected chi connectivity index (χ4v) is 2.11. The maximum atomic E-state index is 5.86. The molecule has 0 aliphatic carbocycles. The SMILES string of the molecule is C=CCNC(=S)N/N=C/c1ccccc1OCCCCCCC. The average Bonchev–Trinajstić information content (AvgIpc) is 2.57. The van der Waals surface area contributed by atoms with Gasteiger partial charge in [0.05, 0.1) is 12.8 Å². The molecule has 1 rings (SSSR count). The maximum absolute atomic E-state index is 5.86. The molecule has 0 radical (unpaired) electrons. The molecule has 23 heavy (non-hydrogen) atoms. The number of nitrogens with one attached hydrogen (secondary N) is 2. The van der Waals surface area contributed by atoms with Crippen molar-refractivity contribution in [2.45, 2.75) is 39.0 Å². The number of ether oxygens (including phenoxy) is 1. The molecule has 0 heterocycles. The van der Waals surface area contributed by atoms with E-state index in [9.17, 15) is 0 Å². The van der Waals surface area contributed by atoms with Gasteiger partial charge in [0.2, 0.25) is 0 Å². The van der Waals surface area contributed by atoms with Crippen LogP contribution < -0.4 is 15.5 Å². The van der Waals surface area contributed by atoms with Crippen LogP contribution in [0.15, 0.2) is 42.0 Å². The van der Waals surface area contributed by atoms with Crippen molar-refractivity contribution >= 4 is 23.5 Å². The lowest BCUT2D eigenvalue weighted by Gasteiger charge is -2.09. The number of nitrogens with zero attached hydrogens (tertiary/aromatic N) is 1. The van der Waals surface area contributed by atoms with Crippen molar-refractivity contribution in [3.05, 3.63) is 42.5 Å². The van der Waals surface area contributed by atoms with E-state index in [-0.39, 0.29) is 0 Å². The largest absolute Gasteiger partial charge is 0.493 e. The monoisotopic (exact) mass is 333 g/mol. The fourth-order valence-electron chi connectivity index (χ4n) is 1.97. The van der Waals surface area contributed by atoms with Gasteiger partial charge in [0, 0.05) is 12.1 Å². The summed E-state index contributed by atoms with van der Waals surface area (Å²) < 4.78 is 5.86. The van der Waals surface area contributed by atoms with Gasteiger partial charge < -0.3 is 10.1 Å². The summed E-state index contributed by atoms with van der Waals surface area (Å²) in [5.74, 6) is 0.846. The minimum atomic E-state index is 0.468. The second-order valence-electron chi connectivity index (χ2n) is 5.17. The minimum absolute atomic E-state index is 0.468. The van der Waals surface area contributed by atoms with Crippen LogP contribution in [0.25, 0.3) is 0 Å². The number of thiocarbonyl (C=S) groups is 1. The molecule has 126 valence electrons. The molecule has 1 aromatic rings. The molecule has 0 bridgehead atoms. The van der Waals surface area contributed by atoms with Crippen LogP contribution in [0.2, 0.25) is 0 Å². The fraction of sp³-hybridized carbons (Fsp3) is 0.444. The van der Waals surface area contributed by atoms with Crippen LogP contribution in [-0.4, -0.2) is 24.5 Å². The van der Waals surface area contributed by atoms with Crippen molar-refractivity contribution in [2.24, 2.45) is 5.10 Å². The summed E-state index contributed by atoms with van der Waals surface area (Å²) in [4.78, 5) is 0. The molecule has 1 aromatic carbocycles. The third kappa shape index (κ3) is 8.98. The Morgan fingerprint density at radius 1 is 1.26 bits per heavy atom. The van der Waals surface area contributed by atoms with Crippen LogP contribution in [0.4, 0.5) is 0 Å². The topological polar surface area (TPSA) is 45.7 Å². The molecule has 0 amide bonds. The summed E-state index contributed by atoms with van der Waals surface area (Å²) >= 11 is 5.07. The first-order valence-corrected chi connectivity index (χ1v) is 8.58. The molecule has 0 atom stereocenters. The second kappa shape index (κ2) is 12.6. The number of rotatable bonds is 11. The van der Waals surface area contributed by atoms with Gasteiger partial charge in [0.15, 0.2) is 5.11 Å². The molecular weight excluding hydrogens is 306 g/mol. The first kappa shape index (κ1) is 19.2. The van der Waals surface area contributed by atoms with Gasteiger partial charge in [-0.3, -0.25) is 5.43 Å². The van der Waals surface area contributed by atoms with E-state index in [1.807, 2.05) is 24.3 Å². The van der Waals surface area contributed by atoms with Crippen molar-refractivity contribution in [3.8, 4) is 5.75 Å². The molecule has 0 fully saturated rings. The first-order valence-electron chi connectivity index (χ1n) is 8.17. The van der Waals surface area contributed by atoms with E-state index >= 15 is 0 Å². The van der Waals surface area contributed by atoms with Gasteiger partial charge in [0.1, 0.15) is 5.75 Å². The van der Waals surface area contributed by atoms with Gasteiger partial charge >= 0.3 is 0 Å². The van der Waals surface area contributed by atoms with Crippen molar-refractivity contribution in [2.75, 3.05) is 13.2 Å². The van der Waals surface area contributed by atoms with E-state index in [1.54, 1.807) is 12.3 Å². The van der Waals surface area contributed by atoms with Crippen LogP contribution in [0.3, 0.4) is 0 Å². The molecule has 0 spiro atoms. The van der Waals surface area contributed by atoms with E-state index in [1.165, 1.54) is 25.7 Å². The van der Waals surface area contributed by atoms with E-state index in [0.717, 1.165) is 24.3 Å². The van der Waals surface area contributed by atoms with Crippen molar-refractivity contribution in [3.63, 3.8) is 0 Å². The summed E-state index contributed by atoms with van der Waals surface area (Å²) in [6, 6.07) is 7.86. The van der Waals surface area contributed by atoms with E-state index in [0.29, 0.717) is 11.7 Å². The quantitative estimate of drug-likeness (QED) is 0.211. The Morgan fingerprint density at radius 3 is 2.83 bits per heavy atom. The lowest BCUT2D eigenvalue weighted by molar-refractivity contribution is 0.304. The standard InChI is InChI=1S/C18H27N3OS/c1-3-5-6-7-10-14-22-17-12-9-8-11-16(17)15-20-21-18(23)19-13-4-2/h4,8-9,11-12,15H,2-3,5-7,10,13-14H2,1H3,(H2,19,21,23)/b20-15+. The molecule has 0 saturated carbocycles. The Kier molecular flexibility index (Phi) is 10.5. The van der Waals surface area contributed by atoms with Gasteiger partial charge in [0.25, 0.3) is 0 Å². The lowest BCUT2D eigenvalue weighted by Crippen LogP contribution is -2.31. The molecule has 0 aromatic heterocycles. The van der Waals surface area contributed by atoms with Crippen LogP contribution in [-0.2, 0) is 0 Å². The highest BCUT2D eigenvalue weighted by molar-refractivity contribution is 7.80. The van der Waals surface area contributed by atoms with Crippen LogP contribution in [0, 0.1) is 0 Å². The molecule has 0 saturated heterocycles. The van der Waals surface area contributed by atoms with Crippen LogP contribution in [0.5, 0.6) is 5.75 Å². The van der Waals surface area contributed by atoms with E-state index in [4.69, 9.17) is 17.0 Å². The molecule has 0 unspecified atom stereocenters. The van der Waals surface area contributed by atoms with Gasteiger partial charge in [-0.25, -0.2) is 0 Å². The Morgan fingerprint density at radius 2 is 2.04 bits per heavy atom. The summed E-state index contributed by atoms with van der Waals surface area (Å²) in [6.07, 6.45) is 9.59. The number of hydrogen-bond donors (Lipinski definition) is 2. The third-order valence-electron chi connectivity index (χ3n) is 3.20. The smallest absolute Gasteiger partial charge is 0.187 e. The van der Waals surface area contributed by atoms with Crippen molar-refractivity contribution < 1.29 is 4.74 Å². The van der Waals surface area contributed by atoms with Gasteiger partial charge in [-0.15, -0.1) is 6.58 Å². The minimum Gasteiger partial charge on any atom is -0.493 e. The number of benzene rings is 1. The van der Waals surface area contributed by atoms with Crippen molar-refractivity contribution in [1.82, 2.24) is 10.7 Å². The Bertz CT molecular complexity index is 503. The summed E-state index contributed by atoms with van der Waals surface area (Å²) in [7, 11) is 0. The van der Waals surface area contributed by atoms with E-state index < -0.39 is 0 Å². The molecule has 4 nitrogen and oxygen atoms in total. The van der Waals surface area contributed by atoms with Crippen LogP contribution >= 0.6 is 12.2 Å². The second-order valence-corrected chi connectivity index (χ2v) is 5.58. The first-order chi connectivity index (χ1) is 11.3. The Labute approximate surface area is 145 Å². The zero-order chi connectivity index (χ0) is 16.8. The van der Waals surface area contributed by atoms with Gasteiger partial charge in [-0.2, -0.15) is 5.10 Å². The molecule has 0 aliphatic heterocycles. The highest BCUT2D eigenvalue weighted by atomic mass is 32.1. The molecule has 2 N–H and O–H groups in total. The highest BCUT2D eigenvalue weighted by Crippen LogP contribution is 2.16. The lowest BCUT2D eigenvalue weighted by atomic mass is 10.2. The Balaban J connectivity index is 2.40. The predicted octanol–water partition coefficient (Wildman–Crippen LogP) is 4.02. The van der Waals surface area contributed by atoms with E-state index in [2.05, 4.69) is 29.3 Å². The number of para-hydroxylation sites is 1. The molecule has 5 heteroatoms. The highest BCUT2D eigenvalue weighted by Gasteiger charge is 2.00. The molecular formula is C18H27N3OS. The van der Waals surface area contributed by atoms with Gasteiger partial charge in [-0.05, 0) is 30.8 Å². The van der Waals surface area contributed by atoms with Gasteiger partial charge in [-0.1, -0.05) is 50.8 Å². The predicted molar refractivity (Wildman–Crippen MR) is 102 cm³/mol.